The molecule has 0 saturated carbocycles. The number of nitrogen functional groups attached to an aromatic ring is 1. The van der Waals surface area contributed by atoms with Crippen molar-refractivity contribution in [3.8, 4) is 0 Å². The summed E-state index contributed by atoms with van der Waals surface area (Å²) in [4.78, 5) is 0.170. The Morgan fingerprint density at radius 3 is 2.65 bits per heavy atom. The number of hydrogen-bond donors (Lipinski definition) is 2. The predicted octanol–water partition coefficient (Wildman–Crippen LogP) is 2.01. The van der Waals surface area contributed by atoms with Crippen LogP contribution in [0.2, 0.25) is 0 Å². The van der Waals surface area contributed by atoms with Gasteiger partial charge < -0.3 is 5.73 Å². The summed E-state index contributed by atoms with van der Waals surface area (Å²) in [5.41, 5.74) is 6.40. The average Bonchev–Trinajstić information content (AvgIpc) is 2.67. The first-order valence-electron chi connectivity index (χ1n) is 5.52. The zero-order valence-corrected chi connectivity index (χ0v) is 14.5. The Bertz CT molecular complexity index is 743. The maximum absolute atomic E-state index is 12.2. The van der Waals surface area contributed by atoms with Crippen LogP contribution in [-0.4, -0.2) is 18.2 Å². The summed E-state index contributed by atoms with van der Waals surface area (Å²) >= 11 is 6.52. The smallest absolute Gasteiger partial charge is 0.241 e. The van der Waals surface area contributed by atoms with E-state index in [-0.39, 0.29) is 11.4 Å². The molecule has 0 aliphatic rings. The van der Waals surface area contributed by atoms with Crippen molar-refractivity contribution in [2.75, 3.05) is 5.73 Å². The highest BCUT2D eigenvalue weighted by Gasteiger charge is 2.18. The number of hydrogen-bond acceptors (Lipinski definition) is 4. The van der Waals surface area contributed by atoms with Crippen LogP contribution in [0.5, 0.6) is 0 Å². The molecule has 20 heavy (non-hydrogen) atoms. The molecule has 0 bridgehead atoms. The van der Waals surface area contributed by atoms with Gasteiger partial charge in [0.25, 0.3) is 0 Å². The van der Waals surface area contributed by atoms with E-state index in [1.165, 1.54) is 16.9 Å². The van der Waals surface area contributed by atoms with Crippen LogP contribution in [0.25, 0.3) is 0 Å². The van der Waals surface area contributed by atoms with Gasteiger partial charge in [0, 0.05) is 28.1 Å². The van der Waals surface area contributed by atoms with E-state index in [2.05, 4.69) is 41.7 Å². The molecule has 2 rings (SSSR count). The Morgan fingerprint density at radius 2 is 2.10 bits per heavy atom. The van der Waals surface area contributed by atoms with Crippen molar-refractivity contribution in [3.63, 3.8) is 0 Å². The number of nitrogens with one attached hydrogen (secondary N) is 1. The predicted molar refractivity (Wildman–Crippen MR) is 83.5 cm³/mol. The molecule has 1 aromatic heterocycles. The summed E-state index contributed by atoms with van der Waals surface area (Å²) in [6, 6.07) is 4.86. The Labute approximate surface area is 133 Å². The van der Waals surface area contributed by atoms with Crippen molar-refractivity contribution >= 4 is 47.7 Å². The first-order valence-corrected chi connectivity index (χ1v) is 8.59. The maximum Gasteiger partial charge on any atom is 0.241 e. The topological polar surface area (TPSA) is 90.0 Å². The molecule has 0 radical (unpaired) electrons. The van der Waals surface area contributed by atoms with Gasteiger partial charge >= 0.3 is 0 Å². The fraction of sp³-hybridized carbons (Fsp3) is 0.182. The molecule has 0 unspecified atom stereocenters. The molecule has 2 aromatic rings. The highest BCUT2D eigenvalue weighted by atomic mass is 79.9. The molecule has 0 aliphatic heterocycles. The summed E-state index contributed by atoms with van der Waals surface area (Å²) < 4.78 is 29.7. The number of aryl methyl sites for hydroxylation is 1. The molecule has 1 aromatic carbocycles. The van der Waals surface area contributed by atoms with Crippen molar-refractivity contribution in [1.29, 1.82) is 0 Å². The average molecular weight is 424 g/mol. The molecule has 0 amide bonds. The van der Waals surface area contributed by atoms with E-state index < -0.39 is 10.0 Å². The van der Waals surface area contributed by atoms with Gasteiger partial charge in [-0.05, 0) is 34.1 Å². The number of aromatic nitrogens is 2. The number of sulfonamides is 1. The van der Waals surface area contributed by atoms with Crippen LogP contribution < -0.4 is 10.5 Å². The molecule has 0 aliphatic carbocycles. The van der Waals surface area contributed by atoms with Gasteiger partial charge in [0.1, 0.15) is 5.82 Å². The Morgan fingerprint density at radius 1 is 1.40 bits per heavy atom. The second kappa shape index (κ2) is 5.84. The Hall–Kier alpha value is -0.900. The second-order valence-corrected chi connectivity index (χ2v) is 7.58. The monoisotopic (exact) mass is 422 g/mol. The number of nitrogens with two attached hydrogens (primary N) is 1. The van der Waals surface area contributed by atoms with E-state index in [0.29, 0.717) is 15.9 Å². The summed E-state index contributed by atoms with van der Waals surface area (Å²) in [5.74, 6) is 0.433. The van der Waals surface area contributed by atoms with Gasteiger partial charge in [-0.25, -0.2) is 13.1 Å². The standard InChI is InChI=1S/C11H12Br2N4O2S/c1-17-11(14)7(5-15-17)6-16-20(18,19)10-3-2-8(12)4-9(10)13/h2-5,16H,6,14H2,1H3. The molecule has 0 fully saturated rings. The van der Waals surface area contributed by atoms with Gasteiger partial charge in [0.2, 0.25) is 10.0 Å². The highest BCUT2D eigenvalue weighted by molar-refractivity contribution is 9.11. The largest absolute Gasteiger partial charge is 0.384 e. The van der Waals surface area contributed by atoms with E-state index in [4.69, 9.17) is 5.73 Å². The lowest BCUT2D eigenvalue weighted by Gasteiger charge is -2.08. The van der Waals surface area contributed by atoms with E-state index in [1.807, 2.05) is 0 Å². The van der Waals surface area contributed by atoms with Gasteiger partial charge in [0.05, 0.1) is 11.1 Å². The first kappa shape index (κ1) is 15.5. The summed E-state index contributed by atoms with van der Waals surface area (Å²) in [5, 5.41) is 3.96. The molecule has 3 N–H and O–H groups in total. The molecule has 0 saturated heterocycles. The third-order valence-corrected chi connectivity index (χ3v) is 5.57. The minimum Gasteiger partial charge on any atom is -0.384 e. The molecule has 0 spiro atoms. The number of benzene rings is 1. The molecule has 0 atom stereocenters. The van der Waals surface area contributed by atoms with Crippen molar-refractivity contribution in [2.24, 2.45) is 7.05 Å². The van der Waals surface area contributed by atoms with E-state index in [1.54, 1.807) is 19.2 Å². The minimum atomic E-state index is -3.62. The number of anilines is 1. The van der Waals surface area contributed by atoms with Crippen LogP contribution in [0, 0.1) is 0 Å². The lowest BCUT2D eigenvalue weighted by molar-refractivity contribution is 0.581. The third kappa shape index (κ3) is 3.22. The maximum atomic E-state index is 12.2. The second-order valence-electron chi connectivity index (χ2n) is 4.08. The minimum absolute atomic E-state index is 0.0878. The fourth-order valence-electron chi connectivity index (χ4n) is 1.57. The Kier molecular flexibility index (Phi) is 4.52. The van der Waals surface area contributed by atoms with Crippen LogP contribution >= 0.6 is 31.9 Å². The molecular formula is C11H12Br2N4O2S. The zero-order valence-electron chi connectivity index (χ0n) is 10.5. The van der Waals surface area contributed by atoms with E-state index in [9.17, 15) is 8.42 Å². The molecule has 1 heterocycles. The van der Waals surface area contributed by atoms with E-state index in [0.717, 1.165) is 4.47 Å². The highest BCUT2D eigenvalue weighted by Crippen LogP contribution is 2.25. The van der Waals surface area contributed by atoms with Gasteiger partial charge in [-0.15, -0.1) is 0 Å². The lowest BCUT2D eigenvalue weighted by Crippen LogP contribution is -2.24. The summed E-state index contributed by atoms with van der Waals surface area (Å²) in [7, 11) is -1.93. The van der Waals surface area contributed by atoms with E-state index >= 15 is 0 Å². The third-order valence-electron chi connectivity index (χ3n) is 2.70. The van der Waals surface area contributed by atoms with Crippen LogP contribution in [0.3, 0.4) is 0 Å². The van der Waals surface area contributed by atoms with Gasteiger partial charge in [0.15, 0.2) is 0 Å². The number of rotatable bonds is 4. The fourth-order valence-corrected chi connectivity index (χ4v) is 4.32. The molecular weight excluding hydrogens is 412 g/mol. The van der Waals surface area contributed by atoms with Crippen molar-refractivity contribution in [3.05, 3.63) is 38.9 Å². The molecule has 6 nitrogen and oxygen atoms in total. The van der Waals surface area contributed by atoms with Gasteiger partial charge in [-0.2, -0.15) is 5.10 Å². The molecule has 9 heteroatoms. The van der Waals surface area contributed by atoms with Crippen LogP contribution in [-0.2, 0) is 23.6 Å². The summed E-state index contributed by atoms with van der Waals surface area (Å²) in [6.45, 7) is 0.0878. The van der Waals surface area contributed by atoms with Gasteiger partial charge in [-0.1, -0.05) is 15.9 Å². The van der Waals surface area contributed by atoms with Crippen LogP contribution in [0.4, 0.5) is 5.82 Å². The number of nitrogens with zero attached hydrogens (tertiary/aromatic N) is 2. The van der Waals surface area contributed by atoms with Gasteiger partial charge in [-0.3, -0.25) is 4.68 Å². The SMILES string of the molecule is Cn1ncc(CNS(=O)(=O)c2ccc(Br)cc2Br)c1N. The number of halogens is 2. The first-order chi connectivity index (χ1) is 9.31. The lowest BCUT2D eigenvalue weighted by atomic mass is 10.3. The Balaban J connectivity index is 2.21. The van der Waals surface area contributed by atoms with Crippen LogP contribution in [0.1, 0.15) is 5.56 Å². The van der Waals surface area contributed by atoms with Crippen molar-refractivity contribution < 1.29 is 8.42 Å². The normalized spacial score (nSPS) is 11.8. The van der Waals surface area contributed by atoms with Crippen molar-refractivity contribution in [2.45, 2.75) is 11.4 Å². The van der Waals surface area contributed by atoms with Crippen LogP contribution in [0.15, 0.2) is 38.2 Å². The van der Waals surface area contributed by atoms with Crippen molar-refractivity contribution in [1.82, 2.24) is 14.5 Å². The quantitative estimate of drug-likeness (QED) is 0.786. The zero-order chi connectivity index (χ0) is 14.9. The molecule has 108 valence electrons. The summed E-state index contributed by atoms with van der Waals surface area (Å²) in [6.07, 6.45) is 1.54.